The average Bonchev–Trinajstić information content (AvgIpc) is 2.30. The van der Waals surface area contributed by atoms with Crippen LogP contribution in [0.25, 0.3) is 0 Å². The lowest BCUT2D eigenvalue weighted by Crippen LogP contribution is -2.43. The van der Waals surface area contributed by atoms with Gasteiger partial charge in [-0.1, -0.05) is 20.8 Å². The Kier molecular flexibility index (Phi) is 7.22. The van der Waals surface area contributed by atoms with E-state index in [1.807, 2.05) is 0 Å². The first kappa shape index (κ1) is 18.1. The maximum Gasteiger partial charge on any atom is 0.330 e. The van der Waals surface area contributed by atoms with Crippen LogP contribution in [-0.2, 0) is 18.8 Å². The SMILES string of the molecule is COC(=O)/C=C\C(CCC=O)O[Si](C)(C)C(C)(C)C. The molecular formula is C14H26O4Si. The van der Waals surface area contributed by atoms with Gasteiger partial charge < -0.3 is 14.0 Å². The molecule has 0 aromatic rings. The summed E-state index contributed by atoms with van der Waals surface area (Å²) in [6.07, 6.45) is 4.71. The van der Waals surface area contributed by atoms with Gasteiger partial charge in [0, 0.05) is 12.5 Å². The van der Waals surface area contributed by atoms with E-state index in [0.717, 1.165) is 6.29 Å². The number of ether oxygens (including phenoxy) is 1. The molecule has 0 aliphatic heterocycles. The molecule has 0 radical (unpaired) electrons. The minimum atomic E-state index is -1.92. The molecule has 0 bridgehead atoms. The third kappa shape index (κ3) is 6.68. The van der Waals surface area contributed by atoms with E-state index in [-0.39, 0.29) is 11.1 Å². The van der Waals surface area contributed by atoms with Crippen molar-refractivity contribution in [2.75, 3.05) is 7.11 Å². The van der Waals surface area contributed by atoms with E-state index in [0.29, 0.717) is 12.8 Å². The number of esters is 1. The highest BCUT2D eigenvalue weighted by Gasteiger charge is 2.38. The summed E-state index contributed by atoms with van der Waals surface area (Å²) in [7, 11) is -0.584. The number of carbonyl (C=O) groups is 2. The maximum absolute atomic E-state index is 11.1. The van der Waals surface area contributed by atoms with Crippen LogP contribution in [0.4, 0.5) is 0 Å². The Hall–Kier alpha value is -0.943. The van der Waals surface area contributed by atoms with Crippen molar-refractivity contribution in [1.82, 2.24) is 0 Å². The predicted octanol–water partition coefficient (Wildman–Crippen LogP) is 3.09. The van der Waals surface area contributed by atoms with Crippen LogP contribution < -0.4 is 0 Å². The van der Waals surface area contributed by atoms with Crippen molar-refractivity contribution >= 4 is 20.6 Å². The fourth-order valence-electron chi connectivity index (χ4n) is 1.24. The van der Waals surface area contributed by atoms with Gasteiger partial charge in [0.2, 0.25) is 0 Å². The Bertz CT molecular complexity index is 329. The Morgan fingerprint density at radius 2 is 1.89 bits per heavy atom. The van der Waals surface area contributed by atoms with Crippen LogP contribution in [0.15, 0.2) is 12.2 Å². The first-order chi connectivity index (χ1) is 8.64. The van der Waals surface area contributed by atoms with E-state index in [2.05, 4.69) is 38.6 Å². The molecule has 0 aliphatic rings. The lowest BCUT2D eigenvalue weighted by molar-refractivity contribution is -0.134. The van der Waals surface area contributed by atoms with Crippen molar-refractivity contribution in [2.45, 2.75) is 57.8 Å². The Morgan fingerprint density at radius 1 is 1.32 bits per heavy atom. The molecule has 1 unspecified atom stereocenters. The largest absolute Gasteiger partial charge is 0.466 e. The Labute approximate surface area is 117 Å². The Morgan fingerprint density at radius 3 is 2.32 bits per heavy atom. The number of aldehydes is 1. The van der Waals surface area contributed by atoms with Gasteiger partial charge in [0.05, 0.1) is 13.2 Å². The second-order valence-corrected chi connectivity index (χ2v) is 10.8. The summed E-state index contributed by atoms with van der Waals surface area (Å²) in [5, 5.41) is 0.0888. The van der Waals surface area contributed by atoms with E-state index in [1.165, 1.54) is 13.2 Å². The van der Waals surface area contributed by atoms with Gasteiger partial charge >= 0.3 is 5.97 Å². The van der Waals surface area contributed by atoms with Gasteiger partial charge in [-0.25, -0.2) is 4.79 Å². The molecule has 0 heterocycles. The van der Waals surface area contributed by atoms with Gasteiger partial charge in [0.25, 0.3) is 0 Å². The zero-order valence-corrected chi connectivity index (χ0v) is 13.9. The minimum absolute atomic E-state index is 0.0888. The number of hydrogen-bond donors (Lipinski definition) is 0. The maximum atomic E-state index is 11.1. The number of carbonyl (C=O) groups excluding carboxylic acids is 2. The molecule has 0 N–H and O–H groups in total. The van der Waals surface area contributed by atoms with Crippen LogP contribution in [0.2, 0.25) is 18.1 Å². The highest BCUT2D eigenvalue weighted by molar-refractivity contribution is 6.74. The molecular weight excluding hydrogens is 260 g/mol. The van der Waals surface area contributed by atoms with Crippen molar-refractivity contribution in [3.8, 4) is 0 Å². The van der Waals surface area contributed by atoms with Gasteiger partial charge in [0.15, 0.2) is 8.32 Å². The first-order valence-electron chi connectivity index (χ1n) is 6.51. The number of hydrogen-bond acceptors (Lipinski definition) is 4. The van der Waals surface area contributed by atoms with E-state index >= 15 is 0 Å². The van der Waals surface area contributed by atoms with Gasteiger partial charge in [-0.2, -0.15) is 0 Å². The van der Waals surface area contributed by atoms with Gasteiger partial charge in [-0.05, 0) is 30.6 Å². The molecule has 0 rings (SSSR count). The first-order valence-corrected chi connectivity index (χ1v) is 9.42. The summed E-state index contributed by atoms with van der Waals surface area (Å²) in [5.41, 5.74) is 0. The van der Waals surface area contributed by atoms with Crippen LogP contribution in [0.1, 0.15) is 33.6 Å². The zero-order valence-electron chi connectivity index (χ0n) is 12.9. The summed E-state index contributed by atoms with van der Waals surface area (Å²) < 4.78 is 10.7. The van der Waals surface area contributed by atoms with Crippen molar-refractivity contribution < 1.29 is 18.8 Å². The monoisotopic (exact) mass is 286 g/mol. The fraction of sp³-hybridized carbons (Fsp3) is 0.714. The fourth-order valence-corrected chi connectivity index (χ4v) is 2.54. The number of methoxy groups -OCH3 is 1. The van der Waals surface area contributed by atoms with Crippen molar-refractivity contribution in [2.24, 2.45) is 0 Å². The van der Waals surface area contributed by atoms with E-state index < -0.39 is 14.3 Å². The second kappa shape index (κ2) is 7.60. The molecule has 19 heavy (non-hydrogen) atoms. The Balaban J connectivity index is 4.81. The highest BCUT2D eigenvalue weighted by atomic mass is 28.4. The molecule has 0 aromatic heterocycles. The predicted molar refractivity (Wildman–Crippen MR) is 78.5 cm³/mol. The van der Waals surface area contributed by atoms with Crippen LogP contribution in [-0.4, -0.2) is 33.8 Å². The molecule has 4 nitrogen and oxygen atoms in total. The van der Waals surface area contributed by atoms with Crippen LogP contribution >= 0.6 is 0 Å². The molecule has 5 heteroatoms. The van der Waals surface area contributed by atoms with Gasteiger partial charge in [-0.15, -0.1) is 0 Å². The molecule has 0 fully saturated rings. The third-order valence-corrected chi connectivity index (χ3v) is 7.97. The summed E-state index contributed by atoms with van der Waals surface area (Å²) in [6, 6.07) is 0. The molecule has 0 saturated heterocycles. The minimum Gasteiger partial charge on any atom is -0.466 e. The van der Waals surface area contributed by atoms with Gasteiger partial charge in [-0.3, -0.25) is 0 Å². The molecule has 0 spiro atoms. The highest BCUT2D eigenvalue weighted by Crippen LogP contribution is 2.37. The van der Waals surface area contributed by atoms with Crippen LogP contribution in [0, 0.1) is 0 Å². The van der Waals surface area contributed by atoms with Gasteiger partial charge in [0.1, 0.15) is 6.29 Å². The lowest BCUT2D eigenvalue weighted by atomic mass is 10.2. The van der Waals surface area contributed by atoms with Crippen molar-refractivity contribution in [1.29, 1.82) is 0 Å². The summed E-state index contributed by atoms with van der Waals surface area (Å²) in [5.74, 6) is -0.407. The standard InChI is InChI=1S/C14H26O4Si/c1-14(2,3)19(5,6)18-12(8-7-11-15)9-10-13(16)17-4/h9-12H,7-8H2,1-6H3/b10-9-. The van der Waals surface area contributed by atoms with Crippen LogP contribution in [0.3, 0.4) is 0 Å². The normalized spacial score (nSPS) is 14.4. The zero-order chi connectivity index (χ0) is 15.1. The van der Waals surface area contributed by atoms with E-state index in [1.54, 1.807) is 6.08 Å². The average molecular weight is 286 g/mol. The molecule has 1 atom stereocenters. The summed E-state index contributed by atoms with van der Waals surface area (Å²) in [6.45, 7) is 10.7. The second-order valence-electron chi connectivity index (χ2n) is 6.04. The molecule has 110 valence electrons. The lowest BCUT2D eigenvalue weighted by Gasteiger charge is -2.38. The van der Waals surface area contributed by atoms with E-state index in [4.69, 9.17) is 4.43 Å². The van der Waals surface area contributed by atoms with Crippen molar-refractivity contribution in [3.05, 3.63) is 12.2 Å². The molecule has 0 saturated carbocycles. The number of rotatable bonds is 7. The van der Waals surface area contributed by atoms with E-state index in [9.17, 15) is 9.59 Å². The molecule has 0 amide bonds. The molecule has 0 aromatic carbocycles. The van der Waals surface area contributed by atoms with Crippen molar-refractivity contribution in [3.63, 3.8) is 0 Å². The third-order valence-electron chi connectivity index (χ3n) is 3.47. The quantitative estimate of drug-likeness (QED) is 0.312. The summed E-state index contributed by atoms with van der Waals surface area (Å²) in [4.78, 5) is 21.6. The molecule has 0 aliphatic carbocycles. The smallest absolute Gasteiger partial charge is 0.330 e. The topological polar surface area (TPSA) is 52.6 Å². The summed E-state index contributed by atoms with van der Waals surface area (Å²) >= 11 is 0. The van der Waals surface area contributed by atoms with Crippen LogP contribution in [0.5, 0.6) is 0 Å².